The van der Waals surface area contributed by atoms with E-state index >= 15 is 0 Å². The molecular formula is C25H27NO5. The smallest absolute Gasteiger partial charge is 0.348 e. The second kappa shape index (κ2) is 6.49. The van der Waals surface area contributed by atoms with E-state index in [4.69, 9.17) is 9.47 Å². The first-order valence-electron chi connectivity index (χ1n) is 10.9. The molecule has 2 aromatic carbocycles. The van der Waals surface area contributed by atoms with Gasteiger partial charge in [0.15, 0.2) is 0 Å². The van der Waals surface area contributed by atoms with Crippen molar-refractivity contribution in [3.63, 3.8) is 0 Å². The lowest BCUT2D eigenvalue weighted by atomic mass is 9.67. The monoisotopic (exact) mass is 421 g/mol. The molecule has 162 valence electrons. The van der Waals surface area contributed by atoms with Crippen LogP contribution in [0.2, 0.25) is 0 Å². The van der Waals surface area contributed by atoms with Crippen LogP contribution in [0.3, 0.4) is 0 Å². The van der Waals surface area contributed by atoms with Crippen LogP contribution in [-0.4, -0.2) is 28.2 Å². The lowest BCUT2D eigenvalue weighted by molar-refractivity contribution is -0.173. The highest BCUT2D eigenvalue weighted by molar-refractivity contribution is 6.09. The highest BCUT2D eigenvalue weighted by Crippen LogP contribution is 2.55. The molecule has 1 fully saturated rings. The summed E-state index contributed by atoms with van der Waals surface area (Å²) in [4.78, 5) is 25.4. The number of para-hydroxylation sites is 1. The quantitative estimate of drug-likeness (QED) is 0.759. The van der Waals surface area contributed by atoms with E-state index in [1.54, 1.807) is 12.1 Å². The number of carbonyl (C=O) groups is 2. The number of hydrogen-bond acceptors (Lipinski definition) is 4. The van der Waals surface area contributed by atoms with E-state index in [-0.39, 0.29) is 11.8 Å². The molecule has 3 aliphatic rings. The number of benzene rings is 2. The van der Waals surface area contributed by atoms with Crippen LogP contribution in [0.4, 0.5) is 5.69 Å². The molecule has 5 rings (SSSR count). The Morgan fingerprint density at radius 3 is 2.68 bits per heavy atom. The zero-order valence-electron chi connectivity index (χ0n) is 18.0. The van der Waals surface area contributed by atoms with Gasteiger partial charge in [0.2, 0.25) is 11.5 Å². The van der Waals surface area contributed by atoms with Crippen LogP contribution in [0.15, 0.2) is 42.5 Å². The maximum Gasteiger partial charge on any atom is 0.348 e. The van der Waals surface area contributed by atoms with Gasteiger partial charge in [-0.1, -0.05) is 31.2 Å². The van der Waals surface area contributed by atoms with Gasteiger partial charge >= 0.3 is 5.97 Å². The second-order valence-electron chi connectivity index (χ2n) is 9.54. The Morgan fingerprint density at radius 1 is 1.23 bits per heavy atom. The SMILES string of the molecule is CCC1CCC1(Oc1ccc2c(c1)OC(C)(C)CC21C(=O)Nc2ccccc21)C(=O)O. The Labute approximate surface area is 181 Å². The normalized spacial score (nSPS) is 29.9. The maximum atomic E-state index is 13.3. The van der Waals surface area contributed by atoms with E-state index in [2.05, 4.69) is 5.32 Å². The van der Waals surface area contributed by atoms with Crippen molar-refractivity contribution in [2.45, 2.75) is 63.1 Å². The minimum absolute atomic E-state index is 0.0165. The number of carboxylic acid groups (broad SMARTS) is 1. The predicted octanol–water partition coefficient (Wildman–Crippen LogP) is 4.51. The molecule has 2 aromatic rings. The summed E-state index contributed by atoms with van der Waals surface area (Å²) in [6.45, 7) is 5.93. The number of aliphatic carboxylic acids is 1. The molecule has 1 saturated carbocycles. The number of carboxylic acids is 1. The van der Waals surface area contributed by atoms with Crippen LogP contribution in [0.1, 0.15) is 57.6 Å². The summed E-state index contributed by atoms with van der Waals surface area (Å²) in [5.74, 6) is 0.0155. The lowest BCUT2D eigenvalue weighted by Crippen LogP contribution is -2.57. The first kappa shape index (κ1) is 19.9. The Balaban J connectivity index is 1.61. The molecule has 6 heteroatoms. The van der Waals surface area contributed by atoms with E-state index in [0.29, 0.717) is 24.3 Å². The largest absolute Gasteiger partial charge is 0.487 e. The fourth-order valence-corrected chi connectivity index (χ4v) is 5.64. The molecule has 6 nitrogen and oxygen atoms in total. The molecule has 3 atom stereocenters. The van der Waals surface area contributed by atoms with Crippen molar-refractivity contribution in [1.82, 2.24) is 0 Å². The number of anilines is 1. The zero-order chi connectivity index (χ0) is 22.0. The number of amides is 1. The molecular weight excluding hydrogens is 394 g/mol. The van der Waals surface area contributed by atoms with Gasteiger partial charge in [0, 0.05) is 29.7 Å². The third-order valence-corrected chi connectivity index (χ3v) is 7.19. The summed E-state index contributed by atoms with van der Waals surface area (Å²) in [6, 6.07) is 13.1. The molecule has 0 bridgehead atoms. The van der Waals surface area contributed by atoms with Gasteiger partial charge in [-0.25, -0.2) is 4.79 Å². The van der Waals surface area contributed by atoms with Gasteiger partial charge in [-0.05, 0) is 50.8 Å². The Morgan fingerprint density at radius 2 is 2.00 bits per heavy atom. The Bertz CT molecular complexity index is 1090. The first-order chi connectivity index (χ1) is 14.7. The summed E-state index contributed by atoms with van der Waals surface area (Å²) in [7, 11) is 0. The van der Waals surface area contributed by atoms with Gasteiger partial charge in [-0.2, -0.15) is 0 Å². The third-order valence-electron chi connectivity index (χ3n) is 7.19. The Hall–Kier alpha value is -3.02. The fourth-order valence-electron chi connectivity index (χ4n) is 5.64. The van der Waals surface area contributed by atoms with E-state index in [0.717, 1.165) is 29.7 Å². The molecule has 1 spiro atoms. The highest BCUT2D eigenvalue weighted by Gasteiger charge is 2.57. The minimum atomic E-state index is -1.19. The summed E-state index contributed by atoms with van der Waals surface area (Å²) in [5.41, 5.74) is -0.0826. The van der Waals surface area contributed by atoms with E-state index in [1.165, 1.54) is 0 Å². The summed E-state index contributed by atoms with van der Waals surface area (Å²) in [5, 5.41) is 12.9. The number of carbonyl (C=O) groups excluding carboxylic acids is 1. The predicted molar refractivity (Wildman–Crippen MR) is 116 cm³/mol. The summed E-state index contributed by atoms with van der Waals surface area (Å²) < 4.78 is 12.4. The molecule has 2 aliphatic heterocycles. The van der Waals surface area contributed by atoms with Crippen LogP contribution >= 0.6 is 0 Å². The molecule has 0 radical (unpaired) electrons. The first-order valence-corrected chi connectivity index (χ1v) is 10.9. The van der Waals surface area contributed by atoms with E-state index in [1.807, 2.05) is 51.1 Å². The molecule has 1 aliphatic carbocycles. The van der Waals surface area contributed by atoms with Crippen molar-refractivity contribution in [2.75, 3.05) is 5.32 Å². The van der Waals surface area contributed by atoms with Crippen LogP contribution in [0.25, 0.3) is 0 Å². The van der Waals surface area contributed by atoms with Crippen molar-refractivity contribution < 1.29 is 24.2 Å². The molecule has 2 N–H and O–H groups in total. The second-order valence-corrected chi connectivity index (χ2v) is 9.54. The minimum Gasteiger partial charge on any atom is -0.487 e. The van der Waals surface area contributed by atoms with Gasteiger partial charge in [-0.15, -0.1) is 0 Å². The molecule has 1 amide bonds. The maximum absolute atomic E-state index is 13.3. The van der Waals surface area contributed by atoms with Gasteiger partial charge in [0.25, 0.3) is 0 Å². The summed E-state index contributed by atoms with van der Waals surface area (Å²) in [6.07, 6.45) is 2.59. The third kappa shape index (κ3) is 2.70. The zero-order valence-corrected chi connectivity index (χ0v) is 18.0. The molecule has 0 saturated heterocycles. The molecule has 2 heterocycles. The average Bonchev–Trinajstić information content (AvgIpc) is 2.96. The average molecular weight is 421 g/mol. The van der Waals surface area contributed by atoms with Gasteiger partial charge in [0.1, 0.15) is 22.5 Å². The van der Waals surface area contributed by atoms with Crippen LogP contribution < -0.4 is 14.8 Å². The molecule has 3 unspecified atom stereocenters. The Kier molecular flexibility index (Phi) is 4.17. The number of rotatable bonds is 4. The van der Waals surface area contributed by atoms with Crippen molar-refractivity contribution in [3.05, 3.63) is 53.6 Å². The van der Waals surface area contributed by atoms with Crippen molar-refractivity contribution in [3.8, 4) is 11.5 Å². The van der Waals surface area contributed by atoms with Gasteiger partial charge in [0.05, 0.1) is 0 Å². The fraction of sp³-hybridized carbons (Fsp3) is 0.440. The topological polar surface area (TPSA) is 84.9 Å². The standard InChI is InChI=1S/C25H27NO5/c1-4-15-11-12-25(15,22(28)29)30-16-9-10-18-20(13-16)31-23(2,3)14-24(18)17-7-5-6-8-19(17)26-21(24)27/h5-10,13,15H,4,11-12,14H2,1-3H3,(H,26,27)(H,28,29). The van der Waals surface area contributed by atoms with Crippen LogP contribution in [0, 0.1) is 5.92 Å². The van der Waals surface area contributed by atoms with Gasteiger partial charge in [-0.3, -0.25) is 4.79 Å². The summed E-state index contributed by atoms with van der Waals surface area (Å²) >= 11 is 0. The number of ether oxygens (including phenoxy) is 2. The molecule has 0 aromatic heterocycles. The van der Waals surface area contributed by atoms with E-state index in [9.17, 15) is 14.7 Å². The number of nitrogens with one attached hydrogen (secondary N) is 1. The van der Waals surface area contributed by atoms with Crippen LogP contribution in [-0.2, 0) is 15.0 Å². The molecule has 31 heavy (non-hydrogen) atoms. The van der Waals surface area contributed by atoms with Crippen LogP contribution in [0.5, 0.6) is 11.5 Å². The van der Waals surface area contributed by atoms with E-state index < -0.39 is 22.6 Å². The van der Waals surface area contributed by atoms with Crippen molar-refractivity contribution >= 4 is 17.6 Å². The number of fused-ring (bicyclic) bond motifs is 4. The number of hydrogen-bond donors (Lipinski definition) is 2. The highest BCUT2D eigenvalue weighted by atomic mass is 16.5. The lowest BCUT2D eigenvalue weighted by Gasteiger charge is -2.46. The van der Waals surface area contributed by atoms with Crippen molar-refractivity contribution in [2.24, 2.45) is 5.92 Å². The van der Waals surface area contributed by atoms with Crippen molar-refractivity contribution in [1.29, 1.82) is 0 Å². The van der Waals surface area contributed by atoms with Gasteiger partial charge < -0.3 is 19.9 Å².